The van der Waals surface area contributed by atoms with Gasteiger partial charge in [0.05, 0.1) is 12.8 Å². The van der Waals surface area contributed by atoms with E-state index < -0.39 is 42.5 Å². The molecule has 0 bridgehead atoms. The zero-order chi connectivity index (χ0) is 29.3. The van der Waals surface area contributed by atoms with Gasteiger partial charge >= 0.3 is 5.97 Å². The van der Waals surface area contributed by atoms with E-state index in [-0.39, 0.29) is 17.7 Å². The molecular formula is C32H43O6P. The number of rotatable bonds is 15. The normalized spacial score (nSPS) is 11.4. The summed E-state index contributed by atoms with van der Waals surface area (Å²) in [7, 11) is -4.48. The monoisotopic (exact) mass is 554 g/mol. The van der Waals surface area contributed by atoms with Crippen LogP contribution in [0.4, 0.5) is 0 Å². The molecule has 0 aliphatic rings. The number of unbranched alkanes of at least 4 members (excludes halogenated alkanes) is 5. The minimum absolute atomic E-state index is 0.193. The highest BCUT2D eigenvalue weighted by molar-refractivity contribution is 7.96. The fourth-order valence-electron chi connectivity index (χ4n) is 5.22. The second-order valence-electron chi connectivity index (χ2n) is 10.8. The first kappa shape index (κ1) is 32.4. The van der Waals surface area contributed by atoms with Crippen molar-refractivity contribution in [3.8, 4) is 0 Å². The van der Waals surface area contributed by atoms with Gasteiger partial charge in [0.15, 0.2) is 5.78 Å². The van der Waals surface area contributed by atoms with Crippen molar-refractivity contribution in [2.45, 2.75) is 93.4 Å². The number of hydrogen-bond acceptors (Lipinski definition) is 6. The van der Waals surface area contributed by atoms with Gasteiger partial charge in [0.2, 0.25) is 18.2 Å². The third-order valence-corrected chi connectivity index (χ3v) is 9.50. The van der Waals surface area contributed by atoms with Crippen LogP contribution in [-0.4, -0.2) is 35.6 Å². The molecule has 0 atom stereocenters. The molecule has 0 saturated heterocycles. The number of esters is 1. The lowest BCUT2D eigenvalue weighted by Gasteiger charge is -2.20. The van der Waals surface area contributed by atoms with Crippen LogP contribution in [0.2, 0.25) is 0 Å². The van der Waals surface area contributed by atoms with Gasteiger partial charge < -0.3 is 9.30 Å². The van der Waals surface area contributed by atoms with Crippen molar-refractivity contribution in [1.82, 2.24) is 0 Å². The Labute approximate surface area is 233 Å². The molecule has 0 aliphatic carbocycles. The van der Waals surface area contributed by atoms with Crippen LogP contribution in [0.3, 0.4) is 0 Å². The summed E-state index contributed by atoms with van der Waals surface area (Å²) >= 11 is 0. The zero-order valence-corrected chi connectivity index (χ0v) is 25.5. The minimum atomic E-state index is -4.48. The Morgan fingerprint density at radius 3 is 1.51 bits per heavy atom. The van der Waals surface area contributed by atoms with Crippen molar-refractivity contribution in [3.05, 3.63) is 68.8 Å². The summed E-state index contributed by atoms with van der Waals surface area (Å²) in [4.78, 5) is 53.2. The summed E-state index contributed by atoms with van der Waals surface area (Å²) in [5.41, 5.74) is 2.93. The maximum atomic E-state index is 14.5. The molecule has 7 heteroatoms. The molecule has 0 aromatic heterocycles. The quantitative estimate of drug-likeness (QED) is 0.0967. The molecule has 0 amide bonds. The summed E-state index contributed by atoms with van der Waals surface area (Å²) in [6, 6.07) is 7.16. The van der Waals surface area contributed by atoms with E-state index in [1.165, 1.54) is 6.42 Å². The molecule has 0 radical (unpaired) electrons. The fourth-order valence-corrected chi connectivity index (χ4v) is 7.72. The summed E-state index contributed by atoms with van der Waals surface area (Å²) in [5, 5.41) is 0. The summed E-state index contributed by atoms with van der Waals surface area (Å²) in [6.45, 7) is 13.0. The standard InChI is InChI=1S/C32H43O6P/c1-8-9-10-11-12-13-14-38-28(34)19-27(33)20-39(37,31(35)29-23(4)15-21(2)16-24(29)5)32(36)30-25(6)17-22(3)18-26(30)7/h15-18H,8-14,19-20H2,1-7H3. The Bertz CT molecular complexity index is 1170. The Balaban J connectivity index is 2.32. The van der Waals surface area contributed by atoms with E-state index in [2.05, 4.69) is 6.92 Å². The average molecular weight is 555 g/mol. The first-order valence-corrected chi connectivity index (χ1v) is 15.7. The molecule has 0 saturated carbocycles. The van der Waals surface area contributed by atoms with E-state index >= 15 is 0 Å². The second kappa shape index (κ2) is 14.5. The Kier molecular flexibility index (Phi) is 12.0. The van der Waals surface area contributed by atoms with Crippen molar-refractivity contribution in [3.63, 3.8) is 0 Å². The number of hydrogen-bond donors (Lipinski definition) is 0. The molecule has 39 heavy (non-hydrogen) atoms. The number of carbonyl (C=O) groups excluding carboxylic acids is 4. The van der Waals surface area contributed by atoms with Gasteiger partial charge in [-0.3, -0.25) is 19.2 Å². The molecule has 212 valence electrons. The van der Waals surface area contributed by atoms with E-state index in [1.54, 1.807) is 52.0 Å². The third-order valence-electron chi connectivity index (χ3n) is 6.94. The van der Waals surface area contributed by atoms with E-state index in [0.717, 1.165) is 36.8 Å². The maximum Gasteiger partial charge on any atom is 0.313 e. The van der Waals surface area contributed by atoms with Crippen LogP contribution in [0.5, 0.6) is 0 Å². The number of benzene rings is 2. The number of Topliss-reactive ketones (excluding diaryl/α,β-unsaturated/α-hetero) is 1. The highest BCUT2D eigenvalue weighted by Crippen LogP contribution is 2.53. The van der Waals surface area contributed by atoms with E-state index in [0.29, 0.717) is 28.7 Å². The molecule has 2 aromatic carbocycles. The van der Waals surface area contributed by atoms with Crippen LogP contribution < -0.4 is 0 Å². The van der Waals surface area contributed by atoms with Crippen LogP contribution in [0, 0.1) is 41.5 Å². The molecule has 0 spiro atoms. The number of ketones is 1. The first-order valence-electron chi connectivity index (χ1n) is 13.8. The van der Waals surface area contributed by atoms with E-state index in [1.807, 2.05) is 13.8 Å². The van der Waals surface area contributed by atoms with Crippen LogP contribution in [0.15, 0.2) is 24.3 Å². The first-order chi connectivity index (χ1) is 18.3. The van der Waals surface area contributed by atoms with Crippen molar-refractivity contribution < 1.29 is 28.5 Å². The van der Waals surface area contributed by atoms with Gasteiger partial charge in [0.1, 0.15) is 6.42 Å². The summed E-state index contributed by atoms with van der Waals surface area (Å²) < 4.78 is 19.7. The van der Waals surface area contributed by atoms with Crippen molar-refractivity contribution in [2.24, 2.45) is 0 Å². The molecule has 0 heterocycles. The molecule has 0 unspecified atom stereocenters. The Hall–Kier alpha value is -2.85. The van der Waals surface area contributed by atoms with Crippen molar-refractivity contribution >= 4 is 29.9 Å². The predicted molar refractivity (Wildman–Crippen MR) is 156 cm³/mol. The summed E-state index contributed by atoms with van der Waals surface area (Å²) in [6.07, 6.45) is 4.73. The highest BCUT2D eigenvalue weighted by Gasteiger charge is 2.44. The minimum Gasteiger partial charge on any atom is -0.465 e. The highest BCUT2D eigenvalue weighted by atomic mass is 31.2. The maximum absolute atomic E-state index is 14.5. The van der Waals surface area contributed by atoms with E-state index in [9.17, 15) is 23.7 Å². The van der Waals surface area contributed by atoms with Crippen molar-refractivity contribution in [1.29, 1.82) is 0 Å². The van der Waals surface area contributed by atoms with Crippen LogP contribution >= 0.6 is 7.14 Å². The lowest BCUT2D eigenvalue weighted by atomic mass is 10.0. The fraction of sp³-hybridized carbons (Fsp3) is 0.500. The van der Waals surface area contributed by atoms with Gasteiger partial charge in [0.25, 0.3) is 0 Å². The SMILES string of the molecule is CCCCCCCCOC(=O)CC(=O)CP(=O)(C(=O)c1c(C)cc(C)cc1C)C(=O)c1c(C)cc(C)cc1C. The molecule has 2 rings (SSSR count). The topological polar surface area (TPSA) is 94.6 Å². The third kappa shape index (κ3) is 8.57. The van der Waals surface area contributed by atoms with Crippen LogP contribution in [-0.2, 0) is 18.9 Å². The smallest absolute Gasteiger partial charge is 0.313 e. The second-order valence-corrected chi connectivity index (χ2v) is 13.4. The number of carbonyl (C=O) groups is 4. The molecule has 0 aliphatic heterocycles. The molecule has 0 fully saturated rings. The van der Waals surface area contributed by atoms with Crippen LogP contribution in [0.1, 0.15) is 106 Å². The molecular weight excluding hydrogens is 511 g/mol. The number of aryl methyl sites for hydroxylation is 6. The lowest BCUT2D eigenvalue weighted by molar-refractivity contribution is -0.145. The average Bonchev–Trinajstić information content (AvgIpc) is 2.81. The van der Waals surface area contributed by atoms with Crippen LogP contribution in [0.25, 0.3) is 0 Å². The molecule has 6 nitrogen and oxygen atoms in total. The molecule has 0 N–H and O–H groups in total. The Morgan fingerprint density at radius 2 is 1.08 bits per heavy atom. The molecule has 2 aromatic rings. The van der Waals surface area contributed by atoms with Gasteiger partial charge in [-0.15, -0.1) is 0 Å². The van der Waals surface area contributed by atoms with Gasteiger partial charge in [-0.25, -0.2) is 0 Å². The summed E-state index contributed by atoms with van der Waals surface area (Å²) in [5.74, 6) is -1.47. The largest absolute Gasteiger partial charge is 0.465 e. The number of ether oxygens (including phenoxy) is 1. The van der Waals surface area contributed by atoms with Gasteiger partial charge in [-0.1, -0.05) is 74.4 Å². The Morgan fingerprint density at radius 1 is 0.667 bits per heavy atom. The predicted octanol–water partition coefficient (Wildman–Crippen LogP) is 7.74. The van der Waals surface area contributed by atoms with Gasteiger partial charge in [-0.2, -0.15) is 0 Å². The zero-order valence-electron chi connectivity index (χ0n) is 24.6. The van der Waals surface area contributed by atoms with Gasteiger partial charge in [0, 0.05) is 11.1 Å². The lowest BCUT2D eigenvalue weighted by Crippen LogP contribution is -2.23. The van der Waals surface area contributed by atoms with Crippen molar-refractivity contribution in [2.75, 3.05) is 12.8 Å². The van der Waals surface area contributed by atoms with E-state index in [4.69, 9.17) is 4.74 Å². The van der Waals surface area contributed by atoms with Gasteiger partial charge in [-0.05, 0) is 70.2 Å².